The Balaban J connectivity index is 1.59. The van der Waals surface area contributed by atoms with Crippen molar-refractivity contribution >= 4 is 39.5 Å². The summed E-state index contributed by atoms with van der Waals surface area (Å²) in [6, 6.07) is 20.5. The van der Waals surface area contributed by atoms with E-state index in [1.807, 2.05) is 0 Å². The summed E-state index contributed by atoms with van der Waals surface area (Å²) in [4.78, 5) is 25.2. The van der Waals surface area contributed by atoms with Crippen molar-refractivity contribution < 1.29 is 22.7 Å². The number of carbonyl (C=O) groups is 2. The third kappa shape index (κ3) is 8.30. The molecule has 0 aromatic heterocycles. The lowest BCUT2D eigenvalue weighted by Gasteiger charge is -2.20. The van der Waals surface area contributed by atoms with Gasteiger partial charge in [0.15, 0.2) is 0 Å². The second-order valence-corrected chi connectivity index (χ2v) is 11.0. The van der Waals surface area contributed by atoms with Gasteiger partial charge in [0, 0.05) is 12.1 Å². The molecule has 3 N–H and O–H groups in total. The molecule has 0 saturated heterocycles. The highest BCUT2D eigenvalue weighted by Crippen LogP contribution is 2.23. The minimum Gasteiger partial charge on any atom is -0.444 e. The van der Waals surface area contributed by atoms with Crippen molar-refractivity contribution in [2.45, 2.75) is 38.2 Å². The molecule has 0 aliphatic heterocycles. The predicted octanol–water partition coefficient (Wildman–Crippen LogP) is 5.59. The van der Waals surface area contributed by atoms with Crippen LogP contribution in [0.3, 0.4) is 0 Å². The zero-order valence-corrected chi connectivity index (χ0v) is 22.1. The molecule has 3 aromatic carbocycles. The quantitative estimate of drug-likeness (QED) is 0.358. The van der Waals surface area contributed by atoms with Crippen molar-refractivity contribution in [1.82, 2.24) is 4.72 Å². The van der Waals surface area contributed by atoms with Gasteiger partial charge in [-0.3, -0.25) is 10.1 Å². The van der Waals surface area contributed by atoms with Crippen LogP contribution in [0.5, 0.6) is 0 Å². The molecule has 0 bridgehead atoms. The standard InChI is InChI=1S/C28H31N3O5S/c1-20-10-5-8-14-25(20)37(34,35)29-19-9-11-21-15-17-22(18-16-21)26(32)30-23-12-6-7-13-24(23)31-27(33)36-28(2,3)4/h5-18,29H,19H2,1-4H3,(H,30,32)(H,31,33). The maximum Gasteiger partial charge on any atom is 0.412 e. The van der Waals surface area contributed by atoms with E-state index in [1.54, 1.807) is 113 Å². The normalized spacial score (nSPS) is 11.8. The minimum absolute atomic E-state index is 0.125. The number of anilines is 2. The number of carbonyl (C=O) groups excluding carboxylic acids is 2. The maximum atomic E-state index is 12.8. The maximum absolute atomic E-state index is 12.8. The lowest BCUT2D eigenvalue weighted by Crippen LogP contribution is -2.27. The SMILES string of the molecule is Cc1ccccc1S(=O)(=O)NCC=Cc1ccc(C(=O)Nc2ccccc2NC(=O)OC(C)(C)C)cc1. The molecule has 3 aromatic rings. The van der Waals surface area contributed by atoms with Gasteiger partial charge in [-0.25, -0.2) is 17.9 Å². The first-order chi connectivity index (χ1) is 17.4. The number of nitrogens with one attached hydrogen (secondary N) is 3. The van der Waals surface area contributed by atoms with Crippen LogP contribution in [0.15, 0.2) is 83.8 Å². The first kappa shape index (κ1) is 27.6. The van der Waals surface area contributed by atoms with E-state index in [0.29, 0.717) is 22.5 Å². The summed E-state index contributed by atoms with van der Waals surface area (Å²) in [5.74, 6) is -0.347. The number of hydrogen-bond donors (Lipinski definition) is 3. The summed E-state index contributed by atoms with van der Waals surface area (Å²) in [5.41, 5.74) is 2.10. The molecule has 37 heavy (non-hydrogen) atoms. The highest BCUT2D eigenvalue weighted by Gasteiger charge is 2.18. The van der Waals surface area contributed by atoms with Crippen LogP contribution in [0, 0.1) is 6.92 Å². The van der Waals surface area contributed by atoms with Crippen LogP contribution >= 0.6 is 0 Å². The lowest BCUT2D eigenvalue weighted by molar-refractivity contribution is 0.0635. The van der Waals surface area contributed by atoms with Crippen LogP contribution in [0.2, 0.25) is 0 Å². The van der Waals surface area contributed by atoms with Gasteiger partial charge in [-0.1, -0.05) is 54.6 Å². The fourth-order valence-electron chi connectivity index (χ4n) is 3.34. The number of sulfonamides is 1. The van der Waals surface area contributed by atoms with Crippen LogP contribution in [0.4, 0.5) is 16.2 Å². The summed E-state index contributed by atoms with van der Waals surface area (Å²) in [5, 5.41) is 5.45. The number of hydrogen-bond acceptors (Lipinski definition) is 5. The molecule has 0 atom stereocenters. The van der Waals surface area contributed by atoms with Gasteiger partial charge in [0.25, 0.3) is 5.91 Å². The number of benzene rings is 3. The fraction of sp³-hybridized carbons (Fsp3) is 0.214. The molecule has 0 aliphatic carbocycles. The number of ether oxygens (including phenoxy) is 1. The average Bonchev–Trinajstić information content (AvgIpc) is 2.82. The Hall–Kier alpha value is -3.95. The van der Waals surface area contributed by atoms with E-state index in [4.69, 9.17) is 4.74 Å². The number of aryl methyl sites for hydroxylation is 1. The van der Waals surface area contributed by atoms with Gasteiger partial charge < -0.3 is 10.1 Å². The molecular weight excluding hydrogens is 490 g/mol. The van der Waals surface area contributed by atoms with Gasteiger partial charge in [-0.15, -0.1) is 0 Å². The highest BCUT2D eigenvalue weighted by atomic mass is 32.2. The van der Waals surface area contributed by atoms with Gasteiger partial charge in [0.1, 0.15) is 5.60 Å². The summed E-state index contributed by atoms with van der Waals surface area (Å²) in [6.45, 7) is 7.17. The van der Waals surface area contributed by atoms with E-state index in [1.165, 1.54) is 0 Å². The molecule has 2 amide bonds. The molecule has 0 heterocycles. The Kier molecular flexibility index (Phi) is 8.86. The van der Waals surface area contributed by atoms with Crippen molar-refractivity contribution in [3.8, 4) is 0 Å². The smallest absolute Gasteiger partial charge is 0.412 e. The topological polar surface area (TPSA) is 114 Å². The number of amides is 2. The summed E-state index contributed by atoms with van der Waals surface area (Å²) in [7, 11) is -3.60. The monoisotopic (exact) mass is 521 g/mol. The Labute approximate surface area is 217 Å². The van der Waals surface area contributed by atoms with Crippen molar-refractivity contribution in [3.05, 3.63) is 95.6 Å². The van der Waals surface area contributed by atoms with E-state index >= 15 is 0 Å². The Morgan fingerprint density at radius 1 is 0.865 bits per heavy atom. The van der Waals surface area contributed by atoms with Gasteiger partial charge >= 0.3 is 6.09 Å². The molecule has 0 unspecified atom stereocenters. The van der Waals surface area contributed by atoms with Crippen molar-refractivity contribution in [2.24, 2.45) is 0 Å². The predicted molar refractivity (Wildman–Crippen MR) is 146 cm³/mol. The number of rotatable bonds is 8. The van der Waals surface area contributed by atoms with Crippen LogP contribution < -0.4 is 15.4 Å². The average molecular weight is 522 g/mol. The fourth-order valence-corrected chi connectivity index (χ4v) is 4.56. The Bertz CT molecular complexity index is 1390. The van der Waals surface area contributed by atoms with Gasteiger partial charge in [0.2, 0.25) is 10.0 Å². The van der Waals surface area contributed by atoms with Gasteiger partial charge in [0.05, 0.1) is 16.3 Å². The van der Waals surface area contributed by atoms with Crippen LogP contribution in [0.25, 0.3) is 6.08 Å². The molecule has 0 spiro atoms. The summed E-state index contributed by atoms with van der Waals surface area (Å²) in [6.07, 6.45) is 2.84. The van der Waals surface area contributed by atoms with E-state index < -0.39 is 21.7 Å². The summed E-state index contributed by atoms with van der Waals surface area (Å²) >= 11 is 0. The zero-order valence-electron chi connectivity index (χ0n) is 21.2. The van der Waals surface area contributed by atoms with Crippen molar-refractivity contribution in [3.63, 3.8) is 0 Å². The Morgan fingerprint density at radius 2 is 1.46 bits per heavy atom. The van der Waals surface area contributed by atoms with Crippen LogP contribution in [-0.4, -0.2) is 32.6 Å². The van der Waals surface area contributed by atoms with E-state index in [9.17, 15) is 18.0 Å². The molecular formula is C28H31N3O5S. The molecule has 194 valence electrons. The van der Waals surface area contributed by atoms with Gasteiger partial charge in [-0.05, 0) is 69.2 Å². The van der Waals surface area contributed by atoms with Crippen LogP contribution in [-0.2, 0) is 14.8 Å². The first-order valence-electron chi connectivity index (χ1n) is 11.7. The second kappa shape index (κ2) is 11.9. The molecule has 3 rings (SSSR count). The van der Waals surface area contributed by atoms with Crippen LogP contribution in [0.1, 0.15) is 42.3 Å². The molecule has 0 radical (unpaired) electrons. The number of para-hydroxylation sites is 2. The van der Waals surface area contributed by atoms with Crippen molar-refractivity contribution in [2.75, 3.05) is 17.2 Å². The molecule has 0 saturated carbocycles. The third-order valence-electron chi connectivity index (χ3n) is 5.07. The molecule has 9 heteroatoms. The highest BCUT2D eigenvalue weighted by molar-refractivity contribution is 7.89. The van der Waals surface area contributed by atoms with E-state index in [0.717, 1.165) is 5.56 Å². The van der Waals surface area contributed by atoms with E-state index in [-0.39, 0.29) is 17.3 Å². The lowest BCUT2D eigenvalue weighted by atomic mass is 10.1. The first-order valence-corrected chi connectivity index (χ1v) is 13.2. The summed E-state index contributed by atoms with van der Waals surface area (Å²) < 4.78 is 32.8. The molecule has 8 nitrogen and oxygen atoms in total. The molecule has 0 aliphatic rings. The third-order valence-corrected chi connectivity index (χ3v) is 6.65. The van der Waals surface area contributed by atoms with Gasteiger partial charge in [-0.2, -0.15) is 0 Å². The minimum atomic E-state index is -3.60. The largest absolute Gasteiger partial charge is 0.444 e. The van der Waals surface area contributed by atoms with Crippen molar-refractivity contribution in [1.29, 1.82) is 0 Å². The Morgan fingerprint density at radius 3 is 2.08 bits per heavy atom. The second-order valence-electron chi connectivity index (χ2n) is 9.27. The zero-order chi connectivity index (χ0) is 27.1. The van der Waals surface area contributed by atoms with E-state index in [2.05, 4.69) is 15.4 Å². The molecule has 0 fully saturated rings.